The van der Waals surface area contributed by atoms with Crippen molar-refractivity contribution in [2.45, 2.75) is 26.4 Å². The number of benzene rings is 1. The zero-order valence-corrected chi connectivity index (χ0v) is 14.8. The summed E-state index contributed by atoms with van der Waals surface area (Å²) in [6.07, 6.45) is 4.75. The maximum Gasteiger partial charge on any atom is 0.244 e. The van der Waals surface area contributed by atoms with Gasteiger partial charge in [-0.3, -0.25) is 9.48 Å². The summed E-state index contributed by atoms with van der Waals surface area (Å²) in [5, 5.41) is 6.79. The molecule has 0 bridgehead atoms. The van der Waals surface area contributed by atoms with Crippen LogP contribution in [0.2, 0.25) is 0 Å². The predicted octanol–water partition coefficient (Wildman–Crippen LogP) is 3.53. The Kier molecular flexibility index (Phi) is 5.44. The minimum atomic E-state index is -1.08. The Morgan fingerprint density at radius 3 is 2.78 bits per heavy atom. The van der Waals surface area contributed by atoms with Gasteiger partial charge < -0.3 is 10.1 Å². The summed E-state index contributed by atoms with van der Waals surface area (Å²) >= 11 is 0. The number of hydrogen-bond donors (Lipinski definition) is 1. The van der Waals surface area contributed by atoms with Crippen molar-refractivity contribution >= 4 is 5.91 Å². The lowest BCUT2D eigenvalue weighted by Crippen LogP contribution is -2.31. The van der Waals surface area contributed by atoms with Gasteiger partial charge in [-0.15, -0.1) is 0 Å². The zero-order valence-electron chi connectivity index (χ0n) is 14.8. The number of nitrogens with one attached hydrogen (secondary N) is 1. The minimum absolute atomic E-state index is 0.0895. The molecule has 0 aliphatic rings. The van der Waals surface area contributed by atoms with Gasteiger partial charge in [-0.05, 0) is 37.6 Å². The Balaban J connectivity index is 1.73. The maximum absolute atomic E-state index is 14.0. The van der Waals surface area contributed by atoms with Crippen LogP contribution in [0.5, 0.6) is 11.6 Å². The van der Waals surface area contributed by atoms with Crippen molar-refractivity contribution < 1.29 is 18.3 Å². The molecule has 0 spiro atoms. The Bertz CT molecular complexity index is 945. The van der Waals surface area contributed by atoms with Crippen molar-refractivity contribution in [3.05, 3.63) is 71.7 Å². The third-order valence-electron chi connectivity index (χ3n) is 4.05. The Morgan fingerprint density at radius 2 is 2.04 bits per heavy atom. The van der Waals surface area contributed by atoms with Gasteiger partial charge in [0.15, 0.2) is 11.6 Å². The number of hydrogen-bond acceptors (Lipinski definition) is 4. The molecule has 140 valence electrons. The third kappa shape index (κ3) is 4.11. The highest BCUT2D eigenvalue weighted by Crippen LogP contribution is 2.28. The van der Waals surface area contributed by atoms with Gasteiger partial charge in [-0.2, -0.15) is 9.49 Å². The lowest BCUT2D eigenvalue weighted by atomic mass is 10.2. The fourth-order valence-corrected chi connectivity index (χ4v) is 2.42. The number of ether oxygens (including phenoxy) is 1. The van der Waals surface area contributed by atoms with Gasteiger partial charge in [0.2, 0.25) is 17.6 Å². The highest BCUT2D eigenvalue weighted by atomic mass is 19.2. The monoisotopic (exact) mass is 372 g/mol. The van der Waals surface area contributed by atoms with Crippen LogP contribution in [0.1, 0.15) is 24.1 Å². The van der Waals surface area contributed by atoms with E-state index in [1.165, 1.54) is 29.9 Å². The second-order valence-electron chi connectivity index (χ2n) is 5.96. The number of nitrogens with zero attached hydrogens (tertiary/aromatic N) is 3. The summed E-state index contributed by atoms with van der Waals surface area (Å²) < 4.78 is 34.8. The van der Waals surface area contributed by atoms with Crippen LogP contribution in [0.4, 0.5) is 8.78 Å². The molecule has 6 nitrogen and oxygen atoms in total. The van der Waals surface area contributed by atoms with Gasteiger partial charge in [0.1, 0.15) is 6.04 Å². The molecule has 0 radical (unpaired) electrons. The van der Waals surface area contributed by atoms with Crippen LogP contribution in [-0.4, -0.2) is 20.7 Å². The van der Waals surface area contributed by atoms with Gasteiger partial charge in [-0.25, -0.2) is 9.37 Å². The highest BCUT2D eigenvalue weighted by molar-refractivity contribution is 5.79. The molecule has 1 aromatic carbocycles. The van der Waals surface area contributed by atoms with Crippen molar-refractivity contribution in [1.82, 2.24) is 20.1 Å². The average Bonchev–Trinajstić information content (AvgIpc) is 3.21. The Hall–Kier alpha value is -3.29. The molecule has 2 heterocycles. The van der Waals surface area contributed by atoms with E-state index >= 15 is 0 Å². The van der Waals surface area contributed by atoms with Crippen molar-refractivity contribution in [2.24, 2.45) is 0 Å². The summed E-state index contributed by atoms with van der Waals surface area (Å²) in [4.78, 5) is 16.3. The van der Waals surface area contributed by atoms with Gasteiger partial charge in [-0.1, -0.05) is 12.1 Å². The van der Waals surface area contributed by atoms with Crippen LogP contribution in [0.25, 0.3) is 0 Å². The largest absolute Gasteiger partial charge is 0.435 e. The van der Waals surface area contributed by atoms with Crippen molar-refractivity contribution in [2.75, 3.05) is 0 Å². The summed E-state index contributed by atoms with van der Waals surface area (Å²) in [6.45, 7) is 3.29. The SMILES string of the molecule is Cc1ccc(Oc2ncccc2CNC(=O)C(C)n2cccn2)c(F)c1F. The zero-order chi connectivity index (χ0) is 19.4. The number of carbonyl (C=O) groups excluding carboxylic acids is 1. The van der Waals surface area contributed by atoms with Crippen molar-refractivity contribution in [3.8, 4) is 11.6 Å². The lowest BCUT2D eigenvalue weighted by molar-refractivity contribution is -0.124. The van der Waals surface area contributed by atoms with E-state index in [0.29, 0.717) is 5.56 Å². The molecule has 1 N–H and O–H groups in total. The van der Waals surface area contributed by atoms with E-state index in [9.17, 15) is 13.6 Å². The van der Waals surface area contributed by atoms with E-state index in [-0.39, 0.29) is 29.6 Å². The molecule has 0 saturated carbocycles. The Morgan fingerprint density at radius 1 is 1.22 bits per heavy atom. The summed E-state index contributed by atoms with van der Waals surface area (Å²) in [5.74, 6) is -2.48. The number of aromatic nitrogens is 3. The van der Waals surface area contributed by atoms with Crippen LogP contribution in [0.3, 0.4) is 0 Å². The van der Waals surface area contributed by atoms with Crippen molar-refractivity contribution in [1.29, 1.82) is 0 Å². The quantitative estimate of drug-likeness (QED) is 0.719. The summed E-state index contributed by atoms with van der Waals surface area (Å²) in [5.41, 5.74) is 0.708. The smallest absolute Gasteiger partial charge is 0.244 e. The van der Waals surface area contributed by atoms with Crippen LogP contribution in [0, 0.1) is 18.6 Å². The van der Waals surface area contributed by atoms with Gasteiger partial charge in [0, 0.05) is 30.7 Å². The van der Waals surface area contributed by atoms with Gasteiger partial charge >= 0.3 is 0 Å². The average molecular weight is 372 g/mol. The molecular weight excluding hydrogens is 354 g/mol. The lowest BCUT2D eigenvalue weighted by Gasteiger charge is -2.14. The first-order valence-electron chi connectivity index (χ1n) is 8.30. The normalized spacial score (nSPS) is 11.9. The number of carbonyl (C=O) groups is 1. The molecule has 1 amide bonds. The van der Waals surface area contributed by atoms with Crippen LogP contribution in [0.15, 0.2) is 48.9 Å². The number of aryl methyl sites for hydroxylation is 1. The van der Waals surface area contributed by atoms with E-state index in [1.807, 2.05) is 0 Å². The van der Waals surface area contributed by atoms with E-state index in [2.05, 4.69) is 15.4 Å². The fourth-order valence-electron chi connectivity index (χ4n) is 2.42. The van der Waals surface area contributed by atoms with Crippen molar-refractivity contribution in [3.63, 3.8) is 0 Å². The molecular formula is C19H18F2N4O2. The molecule has 27 heavy (non-hydrogen) atoms. The van der Waals surface area contributed by atoms with Crippen LogP contribution in [-0.2, 0) is 11.3 Å². The van der Waals surface area contributed by atoms with Crippen LogP contribution < -0.4 is 10.1 Å². The number of rotatable bonds is 6. The van der Waals surface area contributed by atoms with Gasteiger partial charge in [0.05, 0.1) is 0 Å². The third-order valence-corrected chi connectivity index (χ3v) is 4.05. The first kappa shape index (κ1) is 18.5. The molecule has 0 aliphatic carbocycles. The first-order valence-corrected chi connectivity index (χ1v) is 8.30. The number of halogens is 2. The van der Waals surface area contributed by atoms with Gasteiger partial charge in [0.25, 0.3) is 0 Å². The molecule has 2 aromatic heterocycles. The van der Waals surface area contributed by atoms with E-state index in [4.69, 9.17) is 4.74 Å². The maximum atomic E-state index is 14.0. The molecule has 1 unspecified atom stereocenters. The second kappa shape index (κ2) is 7.94. The standard InChI is InChI=1S/C19H18F2N4O2/c1-12-6-7-15(17(21)16(12)20)27-19-14(5-3-8-22-19)11-23-18(26)13(2)25-10-4-9-24-25/h3-10,13H,11H2,1-2H3,(H,23,26). The predicted molar refractivity (Wildman–Crippen MR) is 94.2 cm³/mol. The molecule has 3 aromatic rings. The molecule has 0 saturated heterocycles. The molecule has 0 aliphatic heterocycles. The minimum Gasteiger partial charge on any atom is -0.435 e. The number of pyridine rings is 1. The second-order valence-corrected chi connectivity index (χ2v) is 5.96. The van der Waals surface area contributed by atoms with Crippen LogP contribution >= 0.6 is 0 Å². The molecule has 0 fully saturated rings. The highest BCUT2D eigenvalue weighted by Gasteiger charge is 2.17. The number of amides is 1. The van der Waals surface area contributed by atoms with E-state index in [0.717, 1.165) is 0 Å². The fraction of sp³-hybridized carbons (Fsp3) is 0.211. The molecule has 1 atom stereocenters. The van der Waals surface area contributed by atoms with E-state index in [1.54, 1.807) is 37.5 Å². The first-order chi connectivity index (χ1) is 13.0. The summed E-state index contributed by atoms with van der Waals surface area (Å²) in [6, 6.07) is 7.34. The summed E-state index contributed by atoms with van der Waals surface area (Å²) in [7, 11) is 0. The Labute approximate surface area is 154 Å². The van der Waals surface area contributed by atoms with E-state index < -0.39 is 17.7 Å². The molecule has 3 rings (SSSR count). The topological polar surface area (TPSA) is 69.0 Å². The molecule has 8 heteroatoms.